The van der Waals surface area contributed by atoms with Crippen LogP contribution in [-0.4, -0.2) is 42.7 Å². The van der Waals surface area contributed by atoms with E-state index >= 15 is 0 Å². The van der Waals surface area contributed by atoms with Crippen molar-refractivity contribution in [1.29, 1.82) is 0 Å². The van der Waals surface area contributed by atoms with Crippen LogP contribution in [0.1, 0.15) is 24.5 Å². The number of rotatable bonds is 6. The maximum Gasteiger partial charge on any atom is 0.238 e. The van der Waals surface area contributed by atoms with Gasteiger partial charge in [0.25, 0.3) is 0 Å². The van der Waals surface area contributed by atoms with Gasteiger partial charge in [0.2, 0.25) is 5.91 Å². The van der Waals surface area contributed by atoms with Crippen molar-refractivity contribution in [1.82, 2.24) is 4.90 Å². The van der Waals surface area contributed by atoms with Crippen LogP contribution >= 0.6 is 0 Å². The maximum absolute atomic E-state index is 12.2. The van der Waals surface area contributed by atoms with E-state index in [1.54, 1.807) is 7.11 Å². The Morgan fingerprint density at radius 3 is 2.42 bits per heavy atom. The van der Waals surface area contributed by atoms with Crippen molar-refractivity contribution >= 4 is 11.6 Å². The smallest absolute Gasteiger partial charge is 0.238 e. The van der Waals surface area contributed by atoms with E-state index in [0.717, 1.165) is 42.9 Å². The number of hydrogen-bond acceptors (Lipinski definition) is 4. The molecule has 1 aliphatic rings. The van der Waals surface area contributed by atoms with Gasteiger partial charge in [0, 0.05) is 5.69 Å². The number of nitrogens with one attached hydrogen (secondary N) is 1. The zero-order chi connectivity index (χ0) is 18.4. The number of ether oxygens (including phenoxy) is 1. The summed E-state index contributed by atoms with van der Waals surface area (Å²) in [5.74, 6) is 0.998. The van der Waals surface area contributed by atoms with Crippen LogP contribution in [0.5, 0.6) is 5.75 Å². The number of piperidine rings is 1. The molecule has 3 rings (SSSR count). The number of carbonyl (C=O) groups excluding carboxylic acids is 1. The topological polar surface area (TPSA) is 61.8 Å². The molecule has 0 unspecified atom stereocenters. The molecular weight excluding hydrogens is 328 g/mol. The van der Waals surface area contributed by atoms with E-state index in [-0.39, 0.29) is 11.8 Å². The number of benzene rings is 2. The summed E-state index contributed by atoms with van der Waals surface area (Å²) in [6.45, 7) is 2.02. The number of likely N-dealkylation sites (tertiary alicyclic amines) is 1. The van der Waals surface area contributed by atoms with E-state index < -0.39 is 6.10 Å². The lowest BCUT2D eigenvalue weighted by Crippen LogP contribution is -2.40. The van der Waals surface area contributed by atoms with E-state index in [9.17, 15) is 9.90 Å². The second kappa shape index (κ2) is 8.83. The lowest BCUT2D eigenvalue weighted by Gasteiger charge is -2.34. The monoisotopic (exact) mass is 354 g/mol. The lowest BCUT2D eigenvalue weighted by molar-refractivity contribution is -0.117. The molecule has 0 aromatic heterocycles. The van der Waals surface area contributed by atoms with Crippen molar-refractivity contribution in [2.45, 2.75) is 18.9 Å². The third-order valence-electron chi connectivity index (χ3n) is 4.96. The van der Waals surface area contributed by atoms with E-state index in [1.807, 2.05) is 54.6 Å². The van der Waals surface area contributed by atoms with Gasteiger partial charge in [-0.25, -0.2) is 0 Å². The quantitative estimate of drug-likeness (QED) is 0.837. The van der Waals surface area contributed by atoms with Gasteiger partial charge < -0.3 is 15.2 Å². The first-order valence-electron chi connectivity index (χ1n) is 9.05. The van der Waals surface area contributed by atoms with Crippen molar-refractivity contribution in [3.05, 3.63) is 60.2 Å². The molecule has 5 nitrogen and oxygen atoms in total. The van der Waals surface area contributed by atoms with Gasteiger partial charge >= 0.3 is 0 Å². The minimum atomic E-state index is -0.425. The summed E-state index contributed by atoms with van der Waals surface area (Å²) >= 11 is 0. The summed E-state index contributed by atoms with van der Waals surface area (Å²) in [5.41, 5.74) is 1.74. The fourth-order valence-electron chi connectivity index (χ4n) is 3.43. The number of aliphatic hydroxyl groups is 1. The van der Waals surface area contributed by atoms with Gasteiger partial charge in [-0.15, -0.1) is 0 Å². The van der Waals surface area contributed by atoms with Gasteiger partial charge in [-0.1, -0.05) is 30.3 Å². The molecule has 1 heterocycles. The fraction of sp³-hybridized carbons (Fsp3) is 0.381. The summed E-state index contributed by atoms with van der Waals surface area (Å²) in [6.07, 6.45) is 1.36. The SMILES string of the molecule is COc1ccc(NC(=O)CN2CCC([C@H](O)c3ccccc3)CC2)cc1. The van der Waals surface area contributed by atoms with Gasteiger partial charge in [-0.3, -0.25) is 9.69 Å². The summed E-state index contributed by atoms with van der Waals surface area (Å²) in [4.78, 5) is 14.4. The Balaban J connectivity index is 1.45. The molecule has 2 aromatic carbocycles. The average molecular weight is 354 g/mol. The molecule has 0 spiro atoms. The van der Waals surface area contributed by atoms with Crippen molar-refractivity contribution < 1.29 is 14.6 Å². The van der Waals surface area contributed by atoms with Crippen molar-refractivity contribution in [3.8, 4) is 5.75 Å². The number of anilines is 1. The van der Waals surface area contributed by atoms with Crippen molar-refractivity contribution in [2.75, 3.05) is 32.1 Å². The van der Waals surface area contributed by atoms with Crippen molar-refractivity contribution in [2.24, 2.45) is 5.92 Å². The van der Waals surface area contributed by atoms with Crippen molar-refractivity contribution in [3.63, 3.8) is 0 Å². The van der Waals surface area contributed by atoms with Crippen LogP contribution in [0.25, 0.3) is 0 Å². The molecule has 1 aliphatic heterocycles. The Morgan fingerprint density at radius 2 is 1.81 bits per heavy atom. The predicted octanol–water partition coefficient (Wildman–Crippen LogP) is 3.08. The first-order valence-corrected chi connectivity index (χ1v) is 9.05. The van der Waals surface area contributed by atoms with E-state index in [4.69, 9.17) is 4.74 Å². The molecular formula is C21H26N2O3. The summed E-state index contributed by atoms with van der Waals surface area (Å²) in [6, 6.07) is 17.1. The normalized spacial score (nSPS) is 16.8. The molecule has 1 saturated heterocycles. The first kappa shape index (κ1) is 18.4. The van der Waals surface area contributed by atoms with Crippen LogP contribution in [-0.2, 0) is 4.79 Å². The van der Waals surface area contributed by atoms with Crippen LogP contribution in [0, 0.1) is 5.92 Å². The number of aliphatic hydroxyl groups excluding tert-OH is 1. The fourth-order valence-corrected chi connectivity index (χ4v) is 3.43. The Labute approximate surface area is 154 Å². The predicted molar refractivity (Wildman–Crippen MR) is 102 cm³/mol. The highest BCUT2D eigenvalue weighted by molar-refractivity contribution is 5.92. The number of methoxy groups -OCH3 is 1. The second-order valence-electron chi connectivity index (χ2n) is 6.75. The van der Waals surface area contributed by atoms with Gasteiger partial charge in [-0.2, -0.15) is 0 Å². The molecule has 1 atom stereocenters. The molecule has 2 N–H and O–H groups in total. The first-order chi connectivity index (χ1) is 12.7. The maximum atomic E-state index is 12.2. The second-order valence-corrected chi connectivity index (χ2v) is 6.75. The molecule has 26 heavy (non-hydrogen) atoms. The molecule has 138 valence electrons. The molecule has 0 bridgehead atoms. The Hall–Kier alpha value is -2.37. The summed E-state index contributed by atoms with van der Waals surface area (Å²) in [7, 11) is 1.62. The van der Waals surface area contributed by atoms with Crippen LogP contribution in [0.2, 0.25) is 0 Å². The van der Waals surface area contributed by atoms with E-state index in [2.05, 4.69) is 10.2 Å². The van der Waals surface area contributed by atoms with E-state index in [0.29, 0.717) is 6.54 Å². The van der Waals surface area contributed by atoms with Gasteiger partial charge in [0.15, 0.2) is 0 Å². The summed E-state index contributed by atoms with van der Waals surface area (Å²) in [5, 5.41) is 13.5. The van der Waals surface area contributed by atoms with Crippen LogP contribution in [0.15, 0.2) is 54.6 Å². The standard InChI is InChI=1S/C21H26N2O3/c1-26-19-9-7-18(8-10-19)22-20(24)15-23-13-11-17(12-14-23)21(25)16-5-3-2-4-6-16/h2-10,17,21,25H,11-15H2,1H3,(H,22,24)/t21-/m1/s1. The van der Waals surface area contributed by atoms with Crippen LogP contribution in [0.3, 0.4) is 0 Å². The van der Waals surface area contributed by atoms with Crippen LogP contribution < -0.4 is 10.1 Å². The van der Waals surface area contributed by atoms with Gasteiger partial charge in [-0.05, 0) is 61.7 Å². The Kier molecular flexibility index (Phi) is 6.26. The molecule has 5 heteroatoms. The molecule has 1 amide bonds. The molecule has 0 radical (unpaired) electrons. The summed E-state index contributed by atoms with van der Waals surface area (Å²) < 4.78 is 5.12. The highest BCUT2D eigenvalue weighted by Gasteiger charge is 2.26. The van der Waals surface area contributed by atoms with Gasteiger partial charge in [0.05, 0.1) is 19.8 Å². The number of nitrogens with zero attached hydrogens (tertiary/aromatic N) is 1. The molecule has 0 aliphatic carbocycles. The number of hydrogen-bond donors (Lipinski definition) is 2. The number of carbonyl (C=O) groups is 1. The minimum Gasteiger partial charge on any atom is -0.497 e. The highest BCUT2D eigenvalue weighted by atomic mass is 16.5. The van der Waals surface area contributed by atoms with Crippen LogP contribution in [0.4, 0.5) is 5.69 Å². The molecule has 1 fully saturated rings. The number of amides is 1. The minimum absolute atomic E-state index is 0.0165. The van der Waals surface area contributed by atoms with E-state index in [1.165, 1.54) is 0 Å². The third kappa shape index (κ3) is 4.84. The Morgan fingerprint density at radius 1 is 1.15 bits per heavy atom. The zero-order valence-electron chi connectivity index (χ0n) is 15.1. The largest absolute Gasteiger partial charge is 0.497 e. The molecule has 0 saturated carbocycles. The van der Waals surface area contributed by atoms with Gasteiger partial charge in [0.1, 0.15) is 5.75 Å². The highest BCUT2D eigenvalue weighted by Crippen LogP contribution is 2.30. The molecule has 2 aromatic rings. The average Bonchev–Trinajstić information content (AvgIpc) is 2.69. The zero-order valence-corrected chi connectivity index (χ0v) is 15.1. The third-order valence-corrected chi connectivity index (χ3v) is 4.96. The lowest BCUT2D eigenvalue weighted by atomic mass is 9.87. The Bertz CT molecular complexity index is 695.